The lowest BCUT2D eigenvalue weighted by Gasteiger charge is -2.22. The van der Waals surface area contributed by atoms with Gasteiger partial charge in [0.1, 0.15) is 0 Å². The van der Waals surface area contributed by atoms with Crippen molar-refractivity contribution in [2.45, 2.75) is 45.1 Å². The molecule has 0 saturated heterocycles. The first-order chi connectivity index (χ1) is 11.6. The number of amides is 1. The Balaban J connectivity index is 3.08. The molecule has 7 nitrogen and oxygen atoms in total. The van der Waals surface area contributed by atoms with Crippen molar-refractivity contribution in [3.05, 3.63) is 29.8 Å². The second-order valence-corrected chi connectivity index (χ2v) is 8.03. The molecule has 1 N–H and O–H groups in total. The number of sulfonamides is 1. The van der Waals surface area contributed by atoms with Crippen LogP contribution in [0.5, 0.6) is 0 Å². The van der Waals surface area contributed by atoms with Crippen molar-refractivity contribution in [3.63, 3.8) is 0 Å². The molecule has 0 spiro atoms. The zero-order chi connectivity index (χ0) is 19.2. The molecule has 0 aliphatic carbocycles. The number of hydrogen-bond acceptors (Lipinski definition) is 5. The maximum atomic E-state index is 12.5. The molecule has 0 bridgehead atoms. The number of nitrogens with zero attached hydrogens (tertiary/aromatic N) is 1. The number of carbonyl (C=O) groups is 2. The molecule has 1 amide bonds. The summed E-state index contributed by atoms with van der Waals surface area (Å²) in [5.74, 6) is -1.96. The summed E-state index contributed by atoms with van der Waals surface area (Å²) in [6.45, 7) is 7.76. The number of carboxylic acid groups (broad SMARTS) is 1. The zero-order valence-electron chi connectivity index (χ0n) is 15.0. The predicted octanol–water partition coefficient (Wildman–Crippen LogP) is 0.612. The van der Waals surface area contributed by atoms with E-state index in [1.54, 1.807) is 13.8 Å². The molecule has 25 heavy (non-hydrogen) atoms. The summed E-state index contributed by atoms with van der Waals surface area (Å²) in [6, 6.07) is 4.44. The van der Waals surface area contributed by atoms with Gasteiger partial charge >= 0.3 is 0 Å². The Morgan fingerprint density at radius 2 is 1.80 bits per heavy atom. The molecule has 1 rings (SSSR count). The summed E-state index contributed by atoms with van der Waals surface area (Å²) < 4.78 is 26.4. The summed E-state index contributed by atoms with van der Waals surface area (Å²) >= 11 is 0. The first kappa shape index (κ1) is 21.1. The number of rotatable bonds is 9. The fraction of sp³-hybridized carbons (Fsp3) is 0.529. The Hall–Kier alpha value is -1.93. The molecule has 0 aromatic heterocycles. The van der Waals surface area contributed by atoms with E-state index in [1.165, 1.54) is 28.6 Å². The second kappa shape index (κ2) is 8.96. The molecule has 0 aliphatic heterocycles. The molecule has 0 fully saturated rings. The highest BCUT2D eigenvalue weighted by Gasteiger charge is 2.23. The van der Waals surface area contributed by atoms with E-state index in [-0.39, 0.29) is 22.8 Å². The smallest absolute Gasteiger partial charge is 0.251 e. The fourth-order valence-electron chi connectivity index (χ4n) is 2.44. The lowest BCUT2D eigenvalue weighted by Crippen LogP contribution is -2.48. The summed E-state index contributed by atoms with van der Waals surface area (Å²) in [6.07, 6.45) is 0.228. The normalized spacial score (nSPS) is 13.0. The molecule has 0 unspecified atom stereocenters. The lowest BCUT2D eigenvalue weighted by molar-refractivity contribution is -0.308. The SMILES string of the molecule is CCN(CC)S(=O)(=O)c1cccc(C(=O)N[C@H](CC(C)C)C(=O)[O-])c1. The van der Waals surface area contributed by atoms with Gasteiger partial charge in [0, 0.05) is 18.7 Å². The van der Waals surface area contributed by atoms with Gasteiger partial charge in [-0.3, -0.25) is 4.79 Å². The average Bonchev–Trinajstić information content (AvgIpc) is 2.54. The van der Waals surface area contributed by atoms with Gasteiger partial charge in [-0.15, -0.1) is 0 Å². The minimum absolute atomic E-state index is 0.00212. The van der Waals surface area contributed by atoms with Crippen LogP contribution in [0.3, 0.4) is 0 Å². The first-order valence-corrected chi connectivity index (χ1v) is 9.69. The van der Waals surface area contributed by atoms with Gasteiger partial charge < -0.3 is 15.2 Å². The molecular weight excluding hydrogens is 344 g/mol. The number of benzene rings is 1. The summed E-state index contributed by atoms with van der Waals surface area (Å²) in [4.78, 5) is 23.5. The van der Waals surface area contributed by atoms with E-state index in [1.807, 2.05) is 13.8 Å². The van der Waals surface area contributed by atoms with Crippen LogP contribution in [0.1, 0.15) is 44.5 Å². The number of aliphatic carboxylic acids is 1. The van der Waals surface area contributed by atoms with Crippen LogP contribution in [0.25, 0.3) is 0 Å². The molecule has 1 aromatic carbocycles. The Morgan fingerprint density at radius 3 is 2.28 bits per heavy atom. The maximum absolute atomic E-state index is 12.5. The minimum atomic E-state index is -3.70. The number of carboxylic acids is 1. The van der Waals surface area contributed by atoms with Crippen LogP contribution < -0.4 is 10.4 Å². The zero-order valence-corrected chi connectivity index (χ0v) is 15.8. The maximum Gasteiger partial charge on any atom is 0.251 e. The first-order valence-electron chi connectivity index (χ1n) is 8.25. The summed E-state index contributed by atoms with van der Waals surface area (Å²) in [5.41, 5.74) is 0.0863. The molecule has 140 valence electrons. The van der Waals surface area contributed by atoms with Gasteiger partial charge in [0.25, 0.3) is 5.91 Å². The third-order valence-electron chi connectivity index (χ3n) is 3.74. The molecule has 1 atom stereocenters. The molecule has 0 saturated carbocycles. The van der Waals surface area contributed by atoms with Crippen molar-refractivity contribution in [2.75, 3.05) is 13.1 Å². The molecule has 0 aliphatic rings. The third-order valence-corrected chi connectivity index (χ3v) is 5.78. The van der Waals surface area contributed by atoms with E-state index in [0.29, 0.717) is 13.1 Å². The fourth-order valence-corrected chi connectivity index (χ4v) is 3.94. The second-order valence-electron chi connectivity index (χ2n) is 6.09. The standard InChI is InChI=1S/C17H26N2O5S/c1-5-19(6-2)25(23,24)14-9-7-8-13(11-14)16(20)18-15(17(21)22)10-12(3)4/h7-9,11-12,15H,5-6,10H2,1-4H3,(H,18,20)(H,21,22)/p-1/t15-/m1/s1. The Morgan fingerprint density at radius 1 is 1.20 bits per heavy atom. The Bertz CT molecular complexity index is 712. The van der Waals surface area contributed by atoms with Crippen molar-refractivity contribution >= 4 is 21.9 Å². The van der Waals surface area contributed by atoms with Crippen LogP contribution in [0.15, 0.2) is 29.2 Å². The highest BCUT2D eigenvalue weighted by molar-refractivity contribution is 7.89. The van der Waals surface area contributed by atoms with Crippen molar-refractivity contribution in [2.24, 2.45) is 5.92 Å². The van der Waals surface area contributed by atoms with Gasteiger partial charge in [-0.25, -0.2) is 8.42 Å². The van der Waals surface area contributed by atoms with E-state index in [2.05, 4.69) is 5.32 Å². The molecule has 8 heteroatoms. The van der Waals surface area contributed by atoms with E-state index < -0.39 is 27.9 Å². The number of carbonyl (C=O) groups excluding carboxylic acids is 2. The van der Waals surface area contributed by atoms with E-state index in [0.717, 1.165) is 0 Å². The van der Waals surface area contributed by atoms with Crippen LogP contribution in [0.4, 0.5) is 0 Å². The van der Waals surface area contributed by atoms with Crippen LogP contribution in [0.2, 0.25) is 0 Å². The number of hydrogen-bond donors (Lipinski definition) is 1. The van der Waals surface area contributed by atoms with Gasteiger partial charge in [-0.1, -0.05) is 33.8 Å². The quantitative estimate of drug-likeness (QED) is 0.686. The summed E-state index contributed by atoms with van der Waals surface area (Å²) in [5, 5.41) is 13.6. The molecule has 1 aromatic rings. The van der Waals surface area contributed by atoms with Crippen molar-refractivity contribution in [1.82, 2.24) is 9.62 Å². The summed E-state index contributed by atoms with van der Waals surface area (Å²) in [7, 11) is -3.70. The van der Waals surface area contributed by atoms with Gasteiger partial charge in [0.15, 0.2) is 0 Å². The van der Waals surface area contributed by atoms with Crippen LogP contribution in [-0.4, -0.2) is 43.7 Å². The molecule has 0 radical (unpaired) electrons. The molecular formula is C17H25N2O5S-. The minimum Gasteiger partial charge on any atom is -0.548 e. The Labute approximate surface area is 149 Å². The highest BCUT2D eigenvalue weighted by Crippen LogP contribution is 2.17. The van der Waals surface area contributed by atoms with Crippen LogP contribution in [-0.2, 0) is 14.8 Å². The van der Waals surface area contributed by atoms with Gasteiger partial charge in [0.2, 0.25) is 10.0 Å². The van der Waals surface area contributed by atoms with E-state index >= 15 is 0 Å². The van der Waals surface area contributed by atoms with Crippen molar-refractivity contribution in [3.8, 4) is 0 Å². The van der Waals surface area contributed by atoms with Gasteiger partial charge in [-0.2, -0.15) is 4.31 Å². The topological polar surface area (TPSA) is 107 Å². The number of nitrogens with one attached hydrogen (secondary N) is 1. The highest BCUT2D eigenvalue weighted by atomic mass is 32.2. The largest absolute Gasteiger partial charge is 0.548 e. The predicted molar refractivity (Wildman–Crippen MR) is 92.3 cm³/mol. The van der Waals surface area contributed by atoms with Crippen molar-refractivity contribution in [1.29, 1.82) is 0 Å². The monoisotopic (exact) mass is 369 g/mol. The lowest BCUT2D eigenvalue weighted by atomic mass is 10.0. The third kappa shape index (κ3) is 5.54. The average molecular weight is 369 g/mol. The van der Waals surface area contributed by atoms with Crippen LogP contribution in [0, 0.1) is 5.92 Å². The van der Waals surface area contributed by atoms with E-state index in [9.17, 15) is 23.1 Å². The van der Waals surface area contributed by atoms with E-state index in [4.69, 9.17) is 0 Å². The van der Waals surface area contributed by atoms with Crippen LogP contribution >= 0.6 is 0 Å². The molecule has 0 heterocycles. The van der Waals surface area contributed by atoms with Crippen molar-refractivity contribution < 1.29 is 23.1 Å². The van der Waals surface area contributed by atoms with Gasteiger partial charge in [-0.05, 0) is 30.5 Å². The van der Waals surface area contributed by atoms with Gasteiger partial charge in [0.05, 0.1) is 16.9 Å². The Kier molecular flexibility index (Phi) is 7.57.